The van der Waals surface area contributed by atoms with Crippen LogP contribution in [0.3, 0.4) is 0 Å². The fourth-order valence-corrected chi connectivity index (χ4v) is 2.25. The van der Waals surface area contributed by atoms with Gasteiger partial charge in [-0.05, 0) is 23.1 Å². The van der Waals surface area contributed by atoms with E-state index in [4.69, 9.17) is 10.5 Å². The first-order chi connectivity index (χ1) is 9.89. The van der Waals surface area contributed by atoms with Gasteiger partial charge in [0.25, 0.3) is 0 Å². The molecule has 0 saturated heterocycles. The maximum absolute atomic E-state index is 11.4. The first kappa shape index (κ1) is 15.1. The van der Waals surface area contributed by atoms with E-state index in [2.05, 4.69) is 26.8 Å². The monoisotopic (exact) mass is 283 g/mol. The number of carbonyl (C=O) groups excluding carboxylic acids is 1. The van der Waals surface area contributed by atoms with Crippen molar-refractivity contribution in [2.24, 2.45) is 5.73 Å². The van der Waals surface area contributed by atoms with Crippen LogP contribution in [0.4, 0.5) is 0 Å². The zero-order valence-electron chi connectivity index (χ0n) is 12.7. The number of amides is 1. The maximum atomic E-state index is 11.4. The molecule has 0 saturated carbocycles. The van der Waals surface area contributed by atoms with E-state index in [0.717, 1.165) is 16.9 Å². The van der Waals surface area contributed by atoms with Crippen LogP contribution in [0.25, 0.3) is 0 Å². The van der Waals surface area contributed by atoms with Crippen LogP contribution in [0.2, 0.25) is 0 Å². The minimum absolute atomic E-state index is 0.000200. The molecule has 2 N–H and O–H groups in total. The van der Waals surface area contributed by atoms with Crippen molar-refractivity contribution < 1.29 is 9.53 Å². The lowest BCUT2D eigenvalue weighted by atomic mass is 9.86. The Kier molecular flexibility index (Phi) is 4.32. The number of hydrogen-bond acceptors (Lipinski definition) is 2. The van der Waals surface area contributed by atoms with E-state index in [1.54, 1.807) is 12.1 Å². The molecule has 2 aromatic rings. The lowest BCUT2D eigenvalue weighted by Crippen LogP contribution is -2.16. The lowest BCUT2D eigenvalue weighted by molar-refractivity contribution is 0.0998. The van der Waals surface area contributed by atoms with Crippen LogP contribution < -0.4 is 10.5 Å². The van der Waals surface area contributed by atoms with Gasteiger partial charge in [-0.25, -0.2) is 0 Å². The molecule has 0 spiro atoms. The molecule has 2 rings (SSSR count). The van der Waals surface area contributed by atoms with Gasteiger partial charge >= 0.3 is 0 Å². The van der Waals surface area contributed by atoms with Gasteiger partial charge in [0.1, 0.15) is 12.4 Å². The minimum atomic E-state index is -0.432. The van der Waals surface area contributed by atoms with E-state index in [0.29, 0.717) is 12.2 Å². The summed E-state index contributed by atoms with van der Waals surface area (Å²) in [6.45, 7) is 6.76. The van der Waals surface area contributed by atoms with Gasteiger partial charge < -0.3 is 10.5 Å². The van der Waals surface area contributed by atoms with Gasteiger partial charge in [0, 0.05) is 11.1 Å². The van der Waals surface area contributed by atoms with E-state index in [1.807, 2.05) is 30.3 Å². The van der Waals surface area contributed by atoms with E-state index in [1.165, 1.54) is 0 Å². The van der Waals surface area contributed by atoms with Crippen LogP contribution >= 0.6 is 0 Å². The highest BCUT2D eigenvalue weighted by molar-refractivity contribution is 5.94. The maximum Gasteiger partial charge on any atom is 0.249 e. The Morgan fingerprint density at radius 1 is 1.05 bits per heavy atom. The Labute approximate surface area is 125 Å². The van der Waals surface area contributed by atoms with Crippen LogP contribution in [0, 0.1) is 0 Å². The fraction of sp³-hybridized carbons (Fsp3) is 0.278. The number of nitrogens with two attached hydrogens (primary N) is 1. The first-order valence-electron chi connectivity index (χ1n) is 6.99. The molecule has 0 fully saturated rings. The molecule has 0 radical (unpaired) electrons. The smallest absolute Gasteiger partial charge is 0.249 e. The molecule has 0 atom stereocenters. The molecule has 3 heteroatoms. The van der Waals surface area contributed by atoms with Crippen molar-refractivity contribution in [3.8, 4) is 5.75 Å². The van der Waals surface area contributed by atoms with Crippen LogP contribution in [-0.4, -0.2) is 5.91 Å². The zero-order valence-corrected chi connectivity index (χ0v) is 12.7. The molecule has 0 unspecified atom stereocenters. The van der Waals surface area contributed by atoms with Crippen LogP contribution in [0.1, 0.15) is 42.3 Å². The Hall–Kier alpha value is -2.29. The van der Waals surface area contributed by atoms with Crippen LogP contribution in [0.5, 0.6) is 5.75 Å². The number of carbonyl (C=O) groups is 1. The van der Waals surface area contributed by atoms with Crippen molar-refractivity contribution in [2.45, 2.75) is 32.8 Å². The third-order valence-electron chi connectivity index (χ3n) is 3.36. The van der Waals surface area contributed by atoms with Crippen molar-refractivity contribution in [3.05, 3.63) is 65.2 Å². The SMILES string of the molecule is CC(C)(C)c1ccccc1OCc1ccccc1C(N)=O. The van der Waals surface area contributed by atoms with Crippen molar-refractivity contribution in [3.63, 3.8) is 0 Å². The summed E-state index contributed by atoms with van der Waals surface area (Å²) in [5.41, 5.74) is 7.83. The Bertz CT molecular complexity index is 642. The normalized spacial score (nSPS) is 11.2. The molecule has 1 amide bonds. The molecule has 0 heterocycles. The Balaban J connectivity index is 2.24. The quantitative estimate of drug-likeness (QED) is 0.931. The van der Waals surface area contributed by atoms with Crippen molar-refractivity contribution in [2.75, 3.05) is 0 Å². The highest BCUT2D eigenvalue weighted by Gasteiger charge is 2.18. The third kappa shape index (κ3) is 3.63. The zero-order chi connectivity index (χ0) is 15.5. The number of hydrogen-bond donors (Lipinski definition) is 1. The molecule has 110 valence electrons. The Morgan fingerprint density at radius 3 is 2.33 bits per heavy atom. The largest absolute Gasteiger partial charge is 0.489 e. The van der Waals surface area contributed by atoms with Gasteiger partial charge in [0.15, 0.2) is 0 Å². The van der Waals surface area contributed by atoms with E-state index >= 15 is 0 Å². The molecule has 0 aliphatic carbocycles. The van der Waals surface area contributed by atoms with Gasteiger partial charge in [-0.15, -0.1) is 0 Å². The average Bonchev–Trinajstić information content (AvgIpc) is 2.44. The summed E-state index contributed by atoms with van der Waals surface area (Å²) >= 11 is 0. The van der Waals surface area contributed by atoms with Crippen molar-refractivity contribution in [1.29, 1.82) is 0 Å². The van der Waals surface area contributed by atoms with Gasteiger partial charge in [0.2, 0.25) is 5.91 Å². The second kappa shape index (κ2) is 6.00. The van der Waals surface area contributed by atoms with E-state index < -0.39 is 5.91 Å². The number of ether oxygens (including phenoxy) is 1. The first-order valence-corrected chi connectivity index (χ1v) is 6.99. The predicted molar refractivity (Wildman–Crippen MR) is 84.4 cm³/mol. The number of primary amides is 1. The van der Waals surface area contributed by atoms with Gasteiger partial charge in [-0.1, -0.05) is 57.2 Å². The summed E-state index contributed by atoms with van der Waals surface area (Å²) < 4.78 is 5.93. The standard InChI is InChI=1S/C18H21NO2/c1-18(2,3)15-10-6-7-11-16(15)21-12-13-8-4-5-9-14(13)17(19)20/h4-11H,12H2,1-3H3,(H2,19,20). The fourth-order valence-electron chi connectivity index (χ4n) is 2.25. The van der Waals surface area contributed by atoms with E-state index in [-0.39, 0.29) is 5.41 Å². The molecular weight excluding hydrogens is 262 g/mol. The summed E-state index contributed by atoms with van der Waals surface area (Å²) in [6, 6.07) is 15.2. The van der Waals surface area contributed by atoms with Gasteiger partial charge in [-0.3, -0.25) is 4.79 Å². The summed E-state index contributed by atoms with van der Waals surface area (Å²) in [4.78, 5) is 11.4. The number of rotatable bonds is 4. The average molecular weight is 283 g/mol. The number of benzene rings is 2. The summed E-state index contributed by atoms with van der Waals surface area (Å²) in [6.07, 6.45) is 0. The summed E-state index contributed by atoms with van der Waals surface area (Å²) in [5, 5.41) is 0. The summed E-state index contributed by atoms with van der Waals surface area (Å²) in [5.74, 6) is 0.405. The van der Waals surface area contributed by atoms with Gasteiger partial charge in [-0.2, -0.15) is 0 Å². The van der Waals surface area contributed by atoms with E-state index in [9.17, 15) is 4.79 Å². The van der Waals surface area contributed by atoms with Crippen molar-refractivity contribution >= 4 is 5.91 Å². The highest BCUT2D eigenvalue weighted by Crippen LogP contribution is 2.31. The molecule has 0 bridgehead atoms. The topological polar surface area (TPSA) is 52.3 Å². The molecule has 0 aliphatic heterocycles. The molecule has 21 heavy (non-hydrogen) atoms. The van der Waals surface area contributed by atoms with Crippen LogP contribution in [-0.2, 0) is 12.0 Å². The predicted octanol–water partition coefficient (Wildman–Crippen LogP) is 3.66. The molecule has 0 aliphatic rings. The molecule has 2 aromatic carbocycles. The Morgan fingerprint density at radius 2 is 1.67 bits per heavy atom. The molecular formula is C18H21NO2. The second-order valence-electron chi connectivity index (χ2n) is 6.06. The second-order valence-corrected chi connectivity index (χ2v) is 6.06. The van der Waals surface area contributed by atoms with Crippen molar-refractivity contribution in [1.82, 2.24) is 0 Å². The third-order valence-corrected chi connectivity index (χ3v) is 3.36. The highest BCUT2D eigenvalue weighted by atomic mass is 16.5. The minimum Gasteiger partial charge on any atom is -0.489 e. The van der Waals surface area contributed by atoms with Gasteiger partial charge in [0.05, 0.1) is 0 Å². The molecule has 0 aromatic heterocycles. The summed E-state index contributed by atoms with van der Waals surface area (Å²) in [7, 11) is 0. The van der Waals surface area contributed by atoms with Crippen LogP contribution in [0.15, 0.2) is 48.5 Å². The number of para-hydroxylation sites is 1. The molecule has 3 nitrogen and oxygen atoms in total. The lowest BCUT2D eigenvalue weighted by Gasteiger charge is -2.22.